The van der Waals surface area contributed by atoms with Gasteiger partial charge < -0.3 is 10.2 Å². The van der Waals surface area contributed by atoms with Crippen LogP contribution in [0.4, 0.5) is 5.69 Å². The first-order chi connectivity index (χ1) is 15.6. The van der Waals surface area contributed by atoms with Gasteiger partial charge in [-0.05, 0) is 56.4 Å². The Labute approximate surface area is 197 Å². The Bertz CT molecular complexity index is 662. The second-order valence-corrected chi connectivity index (χ2v) is 8.90. The molecule has 0 aliphatic heterocycles. The minimum Gasteiger partial charge on any atom is -0.363 e. The Morgan fingerprint density at radius 2 is 1.38 bits per heavy atom. The summed E-state index contributed by atoms with van der Waals surface area (Å²) in [6.45, 7) is 2.27. The Balaban J connectivity index is 2.03. The molecule has 0 radical (unpaired) electrons. The second-order valence-electron chi connectivity index (χ2n) is 8.90. The number of amides is 1. The molecule has 0 atom stereocenters. The zero-order valence-corrected chi connectivity index (χ0v) is 21.2. The monoisotopic (exact) mass is 441 g/mol. The van der Waals surface area contributed by atoms with Crippen molar-refractivity contribution in [3.8, 4) is 0 Å². The van der Waals surface area contributed by atoms with E-state index in [1.807, 2.05) is 43.3 Å². The SMILES string of the molecule is CCCCCCCC/C=C\CCCCCCCC(=O)Nc1ccc(C(=NC)N(C)C)cc1. The molecule has 1 N–H and O–H groups in total. The highest BCUT2D eigenvalue weighted by Gasteiger charge is 2.06. The van der Waals surface area contributed by atoms with E-state index < -0.39 is 0 Å². The van der Waals surface area contributed by atoms with Gasteiger partial charge in [-0.25, -0.2) is 0 Å². The van der Waals surface area contributed by atoms with Gasteiger partial charge in [-0.15, -0.1) is 0 Å². The van der Waals surface area contributed by atoms with E-state index >= 15 is 0 Å². The summed E-state index contributed by atoms with van der Waals surface area (Å²) in [5, 5.41) is 3.00. The number of carbonyl (C=O) groups is 1. The highest BCUT2D eigenvalue weighted by molar-refractivity contribution is 5.99. The molecule has 1 aromatic rings. The number of carbonyl (C=O) groups excluding carboxylic acids is 1. The summed E-state index contributed by atoms with van der Waals surface area (Å²) in [5.74, 6) is 1.03. The van der Waals surface area contributed by atoms with E-state index in [-0.39, 0.29) is 5.91 Å². The molecule has 0 bridgehead atoms. The number of nitrogens with zero attached hydrogens (tertiary/aromatic N) is 2. The van der Waals surface area contributed by atoms with E-state index in [1.165, 1.54) is 70.6 Å². The molecule has 0 aliphatic carbocycles. The molecule has 0 saturated carbocycles. The fraction of sp³-hybridized carbons (Fsp3) is 0.643. The number of benzene rings is 1. The lowest BCUT2D eigenvalue weighted by Gasteiger charge is -2.15. The highest BCUT2D eigenvalue weighted by atomic mass is 16.1. The molecule has 180 valence electrons. The van der Waals surface area contributed by atoms with Crippen LogP contribution in [-0.2, 0) is 4.79 Å². The van der Waals surface area contributed by atoms with Crippen LogP contribution < -0.4 is 5.32 Å². The zero-order valence-electron chi connectivity index (χ0n) is 21.2. The third-order valence-corrected chi connectivity index (χ3v) is 5.73. The van der Waals surface area contributed by atoms with Crippen LogP contribution in [0.5, 0.6) is 0 Å². The average Bonchev–Trinajstić information content (AvgIpc) is 2.78. The van der Waals surface area contributed by atoms with E-state index in [9.17, 15) is 4.79 Å². The Morgan fingerprint density at radius 3 is 1.91 bits per heavy atom. The molecule has 1 amide bonds. The van der Waals surface area contributed by atoms with Gasteiger partial charge in [0.25, 0.3) is 0 Å². The molecule has 0 fully saturated rings. The van der Waals surface area contributed by atoms with Gasteiger partial charge in [-0.2, -0.15) is 0 Å². The van der Waals surface area contributed by atoms with Crippen LogP contribution in [0.3, 0.4) is 0 Å². The molecule has 32 heavy (non-hydrogen) atoms. The van der Waals surface area contributed by atoms with Gasteiger partial charge in [0.2, 0.25) is 5.91 Å². The van der Waals surface area contributed by atoms with Crippen molar-refractivity contribution in [1.82, 2.24) is 4.90 Å². The lowest BCUT2D eigenvalue weighted by Crippen LogP contribution is -2.22. The number of hydrogen-bond donors (Lipinski definition) is 1. The summed E-state index contributed by atoms with van der Waals surface area (Å²) in [5.41, 5.74) is 1.90. The maximum atomic E-state index is 12.2. The molecule has 4 nitrogen and oxygen atoms in total. The van der Waals surface area contributed by atoms with Crippen LogP contribution in [0.25, 0.3) is 0 Å². The molecular weight excluding hydrogens is 394 g/mol. The van der Waals surface area contributed by atoms with E-state index in [0.717, 1.165) is 29.9 Å². The van der Waals surface area contributed by atoms with Crippen LogP contribution in [0.2, 0.25) is 0 Å². The minimum absolute atomic E-state index is 0.104. The standard InChI is InChI=1S/C28H47N3O/c1-5-6-7-8-9-10-11-12-13-14-15-16-17-18-19-20-27(32)30-26-23-21-25(22-24-26)28(29-2)31(3)4/h12-13,21-24H,5-11,14-20H2,1-4H3,(H,30,32)/b13-12-,29-28?. The van der Waals surface area contributed by atoms with Crippen molar-refractivity contribution >= 4 is 17.4 Å². The van der Waals surface area contributed by atoms with Crippen molar-refractivity contribution in [3.05, 3.63) is 42.0 Å². The fourth-order valence-corrected chi connectivity index (χ4v) is 3.87. The third-order valence-electron chi connectivity index (χ3n) is 5.73. The Kier molecular flexibility index (Phi) is 16.1. The number of allylic oxidation sites excluding steroid dienone is 2. The van der Waals surface area contributed by atoms with Crippen LogP contribution >= 0.6 is 0 Å². The van der Waals surface area contributed by atoms with E-state index in [4.69, 9.17) is 0 Å². The summed E-state index contributed by atoms with van der Waals surface area (Å²) < 4.78 is 0. The van der Waals surface area contributed by atoms with Gasteiger partial charge in [0, 0.05) is 38.8 Å². The van der Waals surface area contributed by atoms with Gasteiger partial charge in [0.05, 0.1) is 0 Å². The summed E-state index contributed by atoms with van der Waals surface area (Å²) in [4.78, 5) is 18.5. The third kappa shape index (κ3) is 13.3. The van der Waals surface area contributed by atoms with E-state index in [2.05, 4.69) is 29.4 Å². The van der Waals surface area contributed by atoms with Gasteiger partial charge in [-0.1, -0.05) is 70.4 Å². The van der Waals surface area contributed by atoms with Crippen molar-refractivity contribution in [2.24, 2.45) is 4.99 Å². The number of rotatable bonds is 17. The van der Waals surface area contributed by atoms with Gasteiger partial charge in [0.1, 0.15) is 5.84 Å². The summed E-state index contributed by atoms with van der Waals surface area (Å²) >= 11 is 0. The number of aliphatic imine (C=N–C) groups is 1. The maximum absolute atomic E-state index is 12.2. The number of anilines is 1. The molecule has 0 aromatic heterocycles. The second kappa shape index (κ2) is 18.5. The van der Waals surface area contributed by atoms with E-state index in [0.29, 0.717) is 6.42 Å². The molecule has 0 spiro atoms. The first-order valence-corrected chi connectivity index (χ1v) is 12.8. The highest BCUT2D eigenvalue weighted by Crippen LogP contribution is 2.13. The quantitative estimate of drug-likeness (QED) is 0.117. The van der Waals surface area contributed by atoms with Crippen molar-refractivity contribution in [3.63, 3.8) is 0 Å². The maximum Gasteiger partial charge on any atom is 0.224 e. The average molecular weight is 442 g/mol. The molecule has 1 aromatic carbocycles. The summed E-state index contributed by atoms with van der Waals surface area (Å²) in [6, 6.07) is 7.89. The predicted molar refractivity (Wildman–Crippen MR) is 141 cm³/mol. The first-order valence-electron chi connectivity index (χ1n) is 12.8. The molecular formula is C28H47N3O. The molecule has 0 heterocycles. The molecule has 0 aliphatic rings. The number of unbranched alkanes of at least 4 members (excludes halogenated alkanes) is 11. The summed E-state index contributed by atoms with van der Waals surface area (Å²) in [6.07, 6.45) is 21.9. The lowest BCUT2D eigenvalue weighted by molar-refractivity contribution is -0.116. The normalized spacial score (nSPS) is 11.8. The van der Waals surface area contributed by atoms with Gasteiger partial charge in [-0.3, -0.25) is 9.79 Å². The van der Waals surface area contributed by atoms with Crippen LogP contribution in [0.1, 0.15) is 102 Å². The Hall–Kier alpha value is -2.10. The van der Waals surface area contributed by atoms with Crippen LogP contribution in [-0.4, -0.2) is 37.8 Å². The van der Waals surface area contributed by atoms with Crippen LogP contribution in [0.15, 0.2) is 41.4 Å². The smallest absolute Gasteiger partial charge is 0.224 e. The van der Waals surface area contributed by atoms with Crippen molar-refractivity contribution in [2.75, 3.05) is 26.5 Å². The number of amidine groups is 1. The van der Waals surface area contributed by atoms with Crippen molar-refractivity contribution < 1.29 is 4.79 Å². The zero-order chi connectivity index (χ0) is 23.4. The topological polar surface area (TPSA) is 44.7 Å². The number of hydrogen-bond acceptors (Lipinski definition) is 2. The van der Waals surface area contributed by atoms with Gasteiger partial charge >= 0.3 is 0 Å². The predicted octanol–water partition coefficient (Wildman–Crippen LogP) is 7.60. The van der Waals surface area contributed by atoms with Gasteiger partial charge in [0.15, 0.2) is 0 Å². The molecule has 0 unspecified atom stereocenters. The minimum atomic E-state index is 0.104. The van der Waals surface area contributed by atoms with Crippen molar-refractivity contribution in [1.29, 1.82) is 0 Å². The number of nitrogens with one attached hydrogen (secondary N) is 1. The molecule has 4 heteroatoms. The first kappa shape index (κ1) is 27.9. The largest absolute Gasteiger partial charge is 0.363 e. The lowest BCUT2D eigenvalue weighted by atomic mass is 10.1. The fourth-order valence-electron chi connectivity index (χ4n) is 3.87. The van der Waals surface area contributed by atoms with Crippen LogP contribution in [0, 0.1) is 0 Å². The van der Waals surface area contributed by atoms with E-state index in [1.54, 1.807) is 7.05 Å². The molecule has 1 rings (SSSR count). The molecule has 0 saturated heterocycles. The Morgan fingerprint density at radius 1 is 0.844 bits per heavy atom. The van der Waals surface area contributed by atoms with Crippen molar-refractivity contribution in [2.45, 2.75) is 96.8 Å². The summed E-state index contributed by atoms with van der Waals surface area (Å²) in [7, 11) is 5.75.